The summed E-state index contributed by atoms with van der Waals surface area (Å²) in [6.07, 6.45) is 10.3. The van der Waals surface area contributed by atoms with Gasteiger partial charge in [-0.2, -0.15) is 0 Å². The third-order valence-electron chi connectivity index (χ3n) is 4.66. The molecule has 3 atom stereocenters. The van der Waals surface area contributed by atoms with Crippen molar-refractivity contribution in [3.8, 4) is 0 Å². The molecular weight excluding hydrogens is 158 g/mol. The Morgan fingerprint density at radius 2 is 2.08 bits per heavy atom. The topological polar surface area (TPSA) is 12.0 Å². The van der Waals surface area contributed by atoms with Gasteiger partial charge in [-0.05, 0) is 50.5 Å². The molecule has 0 aliphatic heterocycles. The van der Waals surface area contributed by atoms with Gasteiger partial charge in [0.05, 0.1) is 0 Å². The minimum absolute atomic E-state index is 0.677. The highest BCUT2D eigenvalue weighted by Crippen LogP contribution is 2.51. The molecule has 1 nitrogen and oxygen atoms in total. The van der Waals surface area contributed by atoms with Crippen LogP contribution in [-0.4, -0.2) is 13.1 Å². The first-order chi connectivity index (χ1) is 6.32. The first-order valence-electron chi connectivity index (χ1n) is 5.99. The summed E-state index contributed by atoms with van der Waals surface area (Å²) in [4.78, 5) is 0. The van der Waals surface area contributed by atoms with E-state index >= 15 is 0 Å². The van der Waals surface area contributed by atoms with Gasteiger partial charge >= 0.3 is 0 Å². The molecule has 0 saturated heterocycles. The second-order valence-corrected chi connectivity index (χ2v) is 5.03. The third-order valence-corrected chi connectivity index (χ3v) is 4.66. The van der Waals surface area contributed by atoms with Crippen LogP contribution in [0.1, 0.15) is 51.9 Å². The zero-order chi connectivity index (χ0) is 9.31. The summed E-state index contributed by atoms with van der Waals surface area (Å²) in [6, 6.07) is 0.833. The Bertz CT molecular complexity index is 178. The summed E-state index contributed by atoms with van der Waals surface area (Å²) in [5.74, 6) is 0.993. The van der Waals surface area contributed by atoms with Gasteiger partial charge < -0.3 is 5.32 Å². The summed E-state index contributed by atoms with van der Waals surface area (Å²) in [7, 11) is 2.17. The predicted molar refractivity (Wildman–Crippen MR) is 56.8 cm³/mol. The van der Waals surface area contributed by atoms with Crippen molar-refractivity contribution in [2.24, 2.45) is 11.3 Å². The molecule has 0 spiro atoms. The van der Waals surface area contributed by atoms with E-state index in [2.05, 4.69) is 19.3 Å². The van der Waals surface area contributed by atoms with Crippen LogP contribution in [0.5, 0.6) is 0 Å². The van der Waals surface area contributed by atoms with Crippen molar-refractivity contribution in [2.45, 2.75) is 57.9 Å². The monoisotopic (exact) mass is 181 g/mol. The second-order valence-electron chi connectivity index (χ2n) is 5.03. The van der Waals surface area contributed by atoms with Crippen molar-refractivity contribution in [1.82, 2.24) is 5.32 Å². The minimum atomic E-state index is 0.677. The Kier molecular flexibility index (Phi) is 2.64. The van der Waals surface area contributed by atoms with Crippen LogP contribution < -0.4 is 5.32 Å². The lowest BCUT2D eigenvalue weighted by Gasteiger charge is -2.35. The highest BCUT2D eigenvalue weighted by molar-refractivity contribution is 5.01. The average Bonchev–Trinajstić information content (AvgIpc) is 2.37. The predicted octanol–water partition coefficient (Wildman–Crippen LogP) is 2.95. The van der Waals surface area contributed by atoms with Crippen LogP contribution in [-0.2, 0) is 0 Å². The number of rotatable bonds is 2. The van der Waals surface area contributed by atoms with Crippen LogP contribution in [0, 0.1) is 11.3 Å². The molecule has 0 aromatic rings. The molecule has 13 heavy (non-hydrogen) atoms. The average molecular weight is 181 g/mol. The maximum absolute atomic E-state index is 3.60. The van der Waals surface area contributed by atoms with Gasteiger partial charge in [0.2, 0.25) is 0 Å². The molecule has 3 unspecified atom stereocenters. The molecule has 0 amide bonds. The van der Waals surface area contributed by atoms with Gasteiger partial charge in [-0.25, -0.2) is 0 Å². The van der Waals surface area contributed by atoms with Gasteiger partial charge in [0, 0.05) is 6.04 Å². The molecule has 2 rings (SSSR count). The van der Waals surface area contributed by atoms with Gasteiger partial charge in [-0.3, -0.25) is 0 Å². The van der Waals surface area contributed by atoms with Gasteiger partial charge in [-0.1, -0.05) is 19.8 Å². The van der Waals surface area contributed by atoms with Crippen molar-refractivity contribution in [1.29, 1.82) is 0 Å². The maximum atomic E-state index is 3.60. The van der Waals surface area contributed by atoms with E-state index in [1.54, 1.807) is 0 Å². The maximum Gasteiger partial charge on any atom is 0.0149 e. The molecule has 0 radical (unpaired) electrons. The van der Waals surface area contributed by atoms with Crippen molar-refractivity contribution in [2.75, 3.05) is 7.05 Å². The molecule has 0 heterocycles. The second kappa shape index (κ2) is 3.61. The van der Waals surface area contributed by atoms with E-state index in [-0.39, 0.29) is 0 Å². The smallest absolute Gasteiger partial charge is 0.0149 e. The molecule has 1 N–H and O–H groups in total. The SMILES string of the molecule is CCC12CCCCC(CC1)C2NC. The summed E-state index contributed by atoms with van der Waals surface area (Å²) < 4.78 is 0. The summed E-state index contributed by atoms with van der Waals surface area (Å²) in [5, 5.41) is 3.60. The molecule has 1 heteroatoms. The Labute approximate surface area is 82.3 Å². The van der Waals surface area contributed by atoms with E-state index < -0.39 is 0 Å². The zero-order valence-corrected chi connectivity index (χ0v) is 9.10. The Morgan fingerprint density at radius 3 is 2.77 bits per heavy atom. The highest BCUT2D eigenvalue weighted by Gasteiger charge is 2.46. The molecule has 2 aliphatic carbocycles. The number of hydrogen-bond acceptors (Lipinski definition) is 1. The van der Waals surface area contributed by atoms with E-state index in [9.17, 15) is 0 Å². The number of hydrogen-bond donors (Lipinski definition) is 1. The van der Waals surface area contributed by atoms with E-state index in [4.69, 9.17) is 0 Å². The quantitative estimate of drug-likeness (QED) is 0.690. The van der Waals surface area contributed by atoms with Crippen LogP contribution in [0.15, 0.2) is 0 Å². The fourth-order valence-corrected chi connectivity index (χ4v) is 3.89. The minimum Gasteiger partial charge on any atom is -0.316 e. The molecule has 2 fully saturated rings. The lowest BCUT2D eigenvalue weighted by molar-refractivity contribution is 0.194. The summed E-state index contributed by atoms with van der Waals surface area (Å²) in [5.41, 5.74) is 0.677. The molecule has 2 aliphatic rings. The van der Waals surface area contributed by atoms with Crippen LogP contribution >= 0.6 is 0 Å². The molecule has 0 aromatic carbocycles. The largest absolute Gasteiger partial charge is 0.316 e. The standard InChI is InChI=1S/C12H23N/c1-3-12-8-5-4-6-10(7-9-12)11(12)13-2/h10-11,13H,3-9H2,1-2H3. The van der Waals surface area contributed by atoms with Crippen LogP contribution in [0.25, 0.3) is 0 Å². The molecule has 2 bridgehead atoms. The summed E-state index contributed by atoms with van der Waals surface area (Å²) in [6.45, 7) is 2.39. The van der Waals surface area contributed by atoms with E-state index in [0.29, 0.717) is 5.41 Å². The van der Waals surface area contributed by atoms with Crippen LogP contribution in [0.2, 0.25) is 0 Å². The van der Waals surface area contributed by atoms with Crippen molar-refractivity contribution in [3.05, 3.63) is 0 Å². The van der Waals surface area contributed by atoms with Gasteiger partial charge in [0.1, 0.15) is 0 Å². The Balaban J connectivity index is 2.20. The van der Waals surface area contributed by atoms with E-state index in [1.807, 2.05) is 0 Å². The highest BCUT2D eigenvalue weighted by atomic mass is 14.9. The lowest BCUT2D eigenvalue weighted by Crippen LogP contribution is -2.41. The Morgan fingerprint density at radius 1 is 1.23 bits per heavy atom. The number of nitrogens with one attached hydrogen (secondary N) is 1. The number of fused-ring (bicyclic) bond motifs is 2. The zero-order valence-electron chi connectivity index (χ0n) is 9.10. The fraction of sp³-hybridized carbons (Fsp3) is 1.00. The molecule has 76 valence electrons. The van der Waals surface area contributed by atoms with Crippen molar-refractivity contribution < 1.29 is 0 Å². The van der Waals surface area contributed by atoms with E-state index in [1.165, 1.54) is 44.9 Å². The van der Waals surface area contributed by atoms with Gasteiger partial charge in [-0.15, -0.1) is 0 Å². The third kappa shape index (κ3) is 1.41. The Hall–Kier alpha value is -0.0400. The molecule has 0 aromatic heterocycles. The normalized spacial score (nSPS) is 44.8. The van der Waals surface area contributed by atoms with Crippen molar-refractivity contribution in [3.63, 3.8) is 0 Å². The first-order valence-corrected chi connectivity index (χ1v) is 5.99. The lowest BCUT2D eigenvalue weighted by atomic mass is 9.76. The molecular formula is C12H23N. The van der Waals surface area contributed by atoms with Crippen molar-refractivity contribution >= 4 is 0 Å². The van der Waals surface area contributed by atoms with E-state index in [0.717, 1.165) is 12.0 Å². The molecule has 2 saturated carbocycles. The van der Waals surface area contributed by atoms with Gasteiger partial charge in [0.25, 0.3) is 0 Å². The van der Waals surface area contributed by atoms with Crippen LogP contribution in [0.4, 0.5) is 0 Å². The first kappa shape index (κ1) is 9.51. The van der Waals surface area contributed by atoms with Gasteiger partial charge in [0.15, 0.2) is 0 Å². The van der Waals surface area contributed by atoms with Crippen LogP contribution in [0.3, 0.4) is 0 Å². The fourth-order valence-electron chi connectivity index (χ4n) is 3.89. The summed E-state index contributed by atoms with van der Waals surface area (Å²) >= 11 is 0.